The number of anilines is 1. The third-order valence-electron chi connectivity index (χ3n) is 5.18. The van der Waals surface area contributed by atoms with Crippen LogP contribution in [0.5, 0.6) is 0 Å². The van der Waals surface area contributed by atoms with E-state index in [0.717, 1.165) is 22.4 Å². The Morgan fingerprint density at radius 2 is 1.71 bits per heavy atom. The van der Waals surface area contributed by atoms with Crippen LogP contribution in [0.2, 0.25) is 0 Å². The number of aromatic nitrogens is 1. The van der Waals surface area contributed by atoms with Crippen molar-refractivity contribution in [3.05, 3.63) is 72.1 Å². The lowest BCUT2D eigenvalue weighted by Crippen LogP contribution is -2.14. The molecule has 1 aliphatic heterocycles. The third-order valence-corrected chi connectivity index (χ3v) is 7.35. The van der Waals surface area contributed by atoms with Gasteiger partial charge in [-0.3, -0.25) is 9.36 Å². The molecule has 0 unspecified atom stereocenters. The van der Waals surface area contributed by atoms with Gasteiger partial charge in [0.1, 0.15) is 0 Å². The lowest BCUT2D eigenvalue weighted by Gasteiger charge is -2.17. The average molecular weight is 436 g/mol. The highest BCUT2D eigenvalue weighted by molar-refractivity contribution is 7.62. The number of benzene rings is 2. The van der Waals surface area contributed by atoms with E-state index >= 15 is 0 Å². The highest BCUT2D eigenvalue weighted by Gasteiger charge is 2.32. The lowest BCUT2D eigenvalue weighted by molar-refractivity contribution is -0.110. The Balaban J connectivity index is 1.78. The van der Waals surface area contributed by atoms with Gasteiger partial charge in [-0.05, 0) is 43.2 Å². The molecule has 7 heteroatoms. The molecule has 1 N–H and O–H groups in total. The van der Waals surface area contributed by atoms with Gasteiger partial charge in [0.2, 0.25) is 0 Å². The Morgan fingerprint density at radius 1 is 1.00 bits per heavy atom. The van der Waals surface area contributed by atoms with Gasteiger partial charge in [-0.1, -0.05) is 42.5 Å². The van der Waals surface area contributed by atoms with Crippen molar-refractivity contribution in [2.45, 2.75) is 13.8 Å². The van der Waals surface area contributed by atoms with Crippen molar-refractivity contribution in [2.24, 2.45) is 7.05 Å². The lowest BCUT2D eigenvalue weighted by atomic mass is 10.00. The summed E-state index contributed by atoms with van der Waals surface area (Å²) in [4.78, 5) is 12.8. The first kappa shape index (κ1) is 21.3. The smallest absolute Gasteiger partial charge is 0.350 e. The normalized spacial score (nSPS) is 14.7. The van der Waals surface area contributed by atoms with Crippen LogP contribution in [0.25, 0.3) is 22.8 Å². The maximum absolute atomic E-state index is 13.4. The molecule has 3 aromatic rings. The molecule has 2 aromatic carbocycles. The van der Waals surface area contributed by atoms with E-state index in [1.165, 1.54) is 0 Å². The zero-order valence-corrected chi connectivity index (χ0v) is 18.7. The zero-order valence-electron chi connectivity index (χ0n) is 17.8. The van der Waals surface area contributed by atoms with Gasteiger partial charge >= 0.3 is 7.60 Å². The maximum atomic E-state index is 13.4. The molecule has 2 heterocycles. The fraction of sp³-hybridized carbons (Fsp3) is 0.208. The van der Waals surface area contributed by atoms with Gasteiger partial charge in [0.25, 0.3) is 5.91 Å². The Bertz CT molecular complexity index is 1190. The number of fused-ring (bicyclic) bond motifs is 1. The number of rotatable bonds is 7. The van der Waals surface area contributed by atoms with E-state index < -0.39 is 7.60 Å². The van der Waals surface area contributed by atoms with Crippen molar-refractivity contribution in [1.82, 2.24) is 4.57 Å². The number of nitrogens with one attached hydrogen (secondary N) is 1. The monoisotopic (exact) mass is 436 g/mol. The second-order valence-electron chi connectivity index (χ2n) is 7.17. The molecule has 0 aliphatic carbocycles. The largest absolute Gasteiger partial charge is 0.363 e. The van der Waals surface area contributed by atoms with Crippen molar-refractivity contribution in [3.63, 3.8) is 0 Å². The minimum Gasteiger partial charge on any atom is -0.350 e. The van der Waals surface area contributed by atoms with E-state index in [0.29, 0.717) is 16.6 Å². The summed E-state index contributed by atoms with van der Waals surface area (Å²) in [6.45, 7) is 4.07. The molecular formula is C24H25N2O4P. The molecule has 0 saturated heterocycles. The first-order valence-electron chi connectivity index (χ1n) is 10.2. The Labute approximate surface area is 182 Å². The van der Waals surface area contributed by atoms with Crippen molar-refractivity contribution in [2.75, 3.05) is 18.5 Å². The fourth-order valence-electron chi connectivity index (χ4n) is 3.74. The summed E-state index contributed by atoms with van der Waals surface area (Å²) in [5.41, 5.74) is 4.80. The molecule has 0 radical (unpaired) electrons. The number of carbonyl (C=O) groups excluding carboxylic acids is 1. The van der Waals surface area contributed by atoms with E-state index in [4.69, 9.17) is 9.05 Å². The molecule has 1 aromatic heterocycles. The van der Waals surface area contributed by atoms with Crippen LogP contribution < -0.4 is 10.6 Å². The van der Waals surface area contributed by atoms with Gasteiger partial charge in [0.15, 0.2) is 0 Å². The number of amides is 1. The van der Waals surface area contributed by atoms with Gasteiger partial charge in [-0.2, -0.15) is 0 Å². The zero-order chi connectivity index (χ0) is 22.0. The van der Waals surface area contributed by atoms with Crippen LogP contribution in [0, 0.1) is 0 Å². The summed E-state index contributed by atoms with van der Waals surface area (Å²) in [7, 11) is -1.66. The van der Waals surface area contributed by atoms with E-state index in [1.54, 1.807) is 32.2 Å². The Hall–Kier alpha value is -2.92. The molecule has 0 fully saturated rings. The second-order valence-corrected chi connectivity index (χ2v) is 9.16. The number of aryl methyl sites for hydroxylation is 1. The van der Waals surface area contributed by atoms with Crippen LogP contribution in [0.1, 0.15) is 25.1 Å². The summed E-state index contributed by atoms with van der Waals surface area (Å²) in [5.74, 6) is -0.199. The standard InChI is InChI=1S/C24H25N2O4P/c1-4-29-31(28,30-5-2)23-13-14-26(3)22(23)16-20-19-12-11-18(15-21(19)25-24(20)27)17-9-7-6-8-10-17/h6-16H,4-5H2,1-3H3,(H,25,27)/b20-16-. The van der Waals surface area contributed by atoms with E-state index in [1.807, 2.05) is 60.1 Å². The minimum atomic E-state index is -3.49. The molecule has 0 atom stereocenters. The van der Waals surface area contributed by atoms with Gasteiger partial charge in [0.05, 0.1) is 29.8 Å². The molecule has 1 aliphatic rings. The predicted molar refractivity (Wildman–Crippen MR) is 124 cm³/mol. The molecule has 0 saturated carbocycles. The van der Waals surface area contributed by atoms with Crippen molar-refractivity contribution >= 4 is 36.1 Å². The first-order valence-corrected chi connectivity index (χ1v) is 11.8. The molecule has 6 nitrogen and oxygen atoms in total. The fourth-order valence-corrected chi connectivity index (χ4v) is 5.52. The summed E-state index contributed by atoms with van der Waals surface area (Å²) in [5, 5.41) is 3.40. The molecular weight excluding hydrogens is 411 g/mol. The second kappa shape index (κ2) is 8.67. The van der Waals surface area contributed by atoms with Gasteiger partial charge in [0, 0.05) is 24.5 Å². The van der Waals surface area contributed by atoms with Crippen molar-refractivity contribution < 1.29 is 18.4 Å². The Morgan fingerprint density at radius 3 is 2.39 bits per heavy atom. The number of hydrogen-bond acceptors (Lipinski definition) is 4. The van der Waals surface area contributed by atoms with E-state index in [-0.39, 0.29) is 19.1 Å². The molecule has 31 heavy (non-hydrogen) atoms. The van der Waals surface area contributed by atoms with Gasteiger partial charge < -0.3 is 18.9 Å². The highest BCUT2D eigenvalue weighted by atomic mass is 31.2. The quantitative estimate of drug-likeness (QED) is 0.414. The molecule has 0 spiro atoms. The highest BCUT2D eigenvalue weighted by Crippen LogP contribution is 2.48. The predicted octanol–water partition coefficient (Wildman–Crippen LogP) is 5.08. The van der Waals surface area contributed by atoms with Gasteiger partial charge in [-0.15, -0.1) is 0 Å². The van der Waals surface area contributed by atoms with Crippen LogP contribution in [-0.2, 0) is 25.5 Å². The van der Waals surface area contributed by atoms with Crippen LogP contribution >= 0.6 is 7.60 Å². The van der Waals surface area contributed by atoms with Gasteiger partial charge in [-0.25, -0.2) is 0 Å². The average Bonchev–Trinajstić information content (AvgIpc) is 3.29. The molecule has 1 amide bonds. The first-order chi connectivity index (χ1) is 15.0. The number of nitrogens with zero attached hydrogens (tertiary/aromatic N) is 1. The van der Waals surface area contributed by atoms with Crippen molar-refractivity contribution in [3.8, 4) is 11.1 Å². The van der Waals surface area contributed by atoms with Crippen LogP contribution in [0.4, 0.5) is 5.69 Å². The van der Waals surface area contributed by atoms with Crippen molar-refractivity contribution in [1.29, 1.82) is 0 Å². The van der Waals surface area contributed by atoms with E-state index in [2.05, 4.69) is 5.32 Å². The third kappa shape index (κ3) is 4.02. The van der Waals surface area contributed by atoms with Crippen LogP contribution in [0.3, 0.4) is 0 Å². The molecule has 160 valence electrons. The summed E-state index contributed by atoms with van der Waals surface area (Å²) in [6, 6.07) is 17.6. The van der Waals surface area contributed by atoms with Crippen LogP contribution in [0.15, 0.2) is 60.8 Å². The Kier molecular flexibility index (Phi) is 5.96. The number of hydrogen-bond donors (Lipinski definition) is 1. The SMILES string of the molecule is CCOP(=O)(OCC)c1ccn(C)c1/C=C1\C(=O)Nc2cc(-c3ccccc3)ccc21. The topological polar surface area (TPSA) is 69.6 Å². The molecule has 0 bridgehead atoms. The van der Waals surface area contributed by atoms with E-state index in [9.17, 15) is 9.36 Å². The summed E-state index contributed by atoms with van der Waals surface area (Å²) in [6.07, 6.45) is 3.54. The summed E-state index contributed by atoms with van der Waals surface area (Å²) >= 11 is 0. The summed E-state index contributed by atoms with van der Waals surface area (Å²) < 4.78 is 26.2. The molecule has 4 rings (SSSR count). The minimum absolute atomic E-state index is 0.199. The van der Waals surface area contributed by atoms with Crippen LogP contribution in [-0.4, -0.2) is 23.7 Å². The number of carbonyl (C=O) groups is 1. The maximum Gasteiger partial charge on any atom is 0.363 e.